The number of likely N-dealkylation sites (tertiary alicyclic amines) is 1. The lowest BCUT2D eigenvalue weighted by atomic mass is 9.87. The molecule has 2 saturated heterocycles. The Bertz CT molecular complexity index is 782. The highest BCUT2D eigenvalue weighted by Gasteiger charge is 2.56. The molecule has 1 unspecified atom stereocenters. The third-order valence-corrected chi connectivity index (χ3v) is 8.21. The maximum Gasteiger partial charge on any atom is 0.371 e. The zero-order chi connectivity index (χ0) is 24.3. The fourth-order valence-electron chi connectivity index (χ4n) is 4.94. The molecule has 10 heteroatoms. The third kappa shape index (κ3) is 6.46. The number of carbonyl (C=O) groups excluding carboxylic acids is 2. The summed E-state index contributed by atoms with van der Waals surface area (Å²) < 4.78 is 42.0. The monoisotopic (exact) mass is 488 g/mol. The van der Waals surface area contributed by atoms with Crippen LogP contribution in [0.15, 0.2) is 0 Å². The number of hydrogen-bond donors (Lipinski definition) is 0. The van der Waals surface area contributed by atoms with Crippen LogP contribution in [0, 0.1) is 5.92 Å². The number of ether oxygens (including phenoxy) is 3. The van der Waals surface area contributed by atoms with Gasteiger partial charge in [-0.05, 0) is 66.2 Å². The van der Waals surface area contributed by atoms with Crippen molar-refractivity contribution in [3.05, 3.63) is 0 Å². The van der Waals surface area contributed by atoms with Crippen LogP contribution in [-0.2, 0) is 33.6 Å². The van der Waals surface area contributed by atoms with Gasteiger partial charge in [0.15, 0.2) is 9.84 Å². The molecule has 2 aliphatic heterocycles. The number of sulfone groups is 1. The van der Waals surface area contributed by atoms with Gasteiger partial charge in [-0.1, -0.05) is 0 Å². The van der Waals surface area contributed by atoms with E-state index in [1.165, 1.54) is 0 Å². The van der Waals surface area contributed by atoms with Crippen LogP contribution in [0.4, 0.5) is 0 Å². The number of esters is 2. The van der Waals surface area contributed by atoms with E-state index >= 15 is 0 Å². The van der Waals surface area contributed by atoms with E-state index in [-0.39, 0.29) is 42.6 Å². The van der Waals surface area contributed by atoms with Gasteiger partial charge in [0, 0.05) is 26.2 Å². The zero-order valence-electron chi connectivity index (χ0n) is 20.5. The quantitative estimate of drug-likeness (QED) is 0.498. The Kier molecular flexibility index (Phi) is 8.46. The highest BCUT2D eigenvalue weighted by molar-refractivity contribution is 7.91. The normalized spacial score (nSPS) is 28.7. The van der Waals surface area contributed by atoms with Crippen LogP contribution < -0.4 is 0 Å². The van der Waals surface area contributed by atoms with Crippen molar-refractivity contribution in [2.24, 2.45) is 5.92 Å². The fourth-order valence-corrected chi connectivity index (χ4v) is 6.15. The minimum Gasteiger partial charge on any atom is -0.466 e. The molecule has 0 spiro atoms. The molecule has 1 saturated carbocycles. The molecule has 2 heterocycles. The molecule has 0 amide bonds. The molecule has 0 bridgehead atoms. The van der Waals surface area contributed by atoms with Crippen molar-refractivity contribution < 1.29 is 32.2 Å². The van der Waals surface area contributed by atoms with Gasteiger partial charge in [-0.25, -0.2) is 13.2 Å². The largest absolute Gasteiger partial charge is 0.466 e. The van der Waals surface area contributed by atoms with Crippen LogP contribution in [0.3, 0.4) is 0 Å². The Morgan fingerprint density at radius 1 is 0.909 bits per heavy atom. The standard InChI is InChI=1S/C23H40N2O7S/c1-5-30-20(26)18-8-10-19(11-9-18)31-23(24-12-6-7-13-24,21(27)32-22(2,3)4)25-14-16-33(28,29)17-15-25/h18-19H,5-17H2,1-4H3/t18-,19-,23?. The molecule has 3 fully saturated rings. The lowest BCUT2D eigenvalue weighted by Crippen LogP contribution is -2.70. The summed E-state index contributed by atoms with van der Waals surface area (Å²) in [6.45, 7) is 9.44. The topological polar surface area (TPSA) is 102 Å². The van der Waals surface area contributed by atoms with Crippen LogP contribution >= 0.6 is 0 Å². The molecule has 3 aliphatic rings. The molecule has 9 nitrogen and oxygen atoms in total. The van der Waals surface area contributed by atoms with E-state index in [2.05, 4.69) is 0 Å². The van der Waals surface area contributed by atoms with E-state index in [0.29, 0.717) is 45.4 Å². The summed E-state index contributed by atoms with van der Waals surface area (Å²) in [7, 11) is -3.13. The molecule has 1 aliphatic carbocycles. The minimum absolute atomic E-state index is 0.00958. The Labute approximate surface area is 198 Å². The second-order valence-electron chi connectivity index (χ2n) is 10.3. The average molecular weight is 489 g/mol. The summed E-state index contributed by atoms with van der Waals surface area (Å²) in [4.78, 5) is 29.9. The summed E-state index contributed by atoms with van der Waals surface area (Å²) in [6.07, 6.45) is 4.19. The minimum atomic E-state index is -3.13. The first-order valence-corrected chi connectivity index (χ1v) is 14.1. The summed E-state index contributed by atoms with van der Waals surface area (Å²) in [5.74, 6) is -2.28. The van der Waals surface area contributed by atoms with Gasteiger partial charge >= 0.3 is 11.9 Å². The Balaban J connectivity index is 1.87. The number of hydrogen-bond acceptors (Lipinski definition) is 9. The second-order valence-corrected chi connectivity index (χ2v) is 12.6. The lowest BCUT2D eigenvalue weighted by molar-refractivity contribution is -0.276. The molecule has 1 atom stereocenters. The highest BCUT2D eigenvalue weighted by atomic mass is 32.2. The van der Waals surface area contributed by atoms with Crippen molar-refractivity contribution in [3.63, 3.8) is 0 Å². The molecule has 0 aromatic carbocycles. The number of carbonyl (C=O) groups is 2. The molecule has 0 N–H and O–H groups in total. The van der Waals surface area contributed by atoms with Gasteiger partial charge in [0.05, 0.1) is 30.1 Å². The first-order valence-electron chi connectivity index (χ1n) is 12.3. The molecule has 3 rings (SSSR count). The van der Waals surface area contributed by atoms with Crippen LogP contribution in [0.2, 0.25) is 0 Å². The van der Waals surface area contributed by atoms with E-state index in [0.717, 1.165) is 12.8 Å². The first-order chi connectivity index (χ1) is 15.5. The van der Waals surface area contributed by atoms with E-state index in [9.17, 15) is 18.0 Å². The third-order valence-electron chi connectivity index (χ3n) is 6.60. The van der Waals surface area contributed by atoms with Crippen LogP contribution in [-0.4, -0.2) is 92.0 Å². The molecule has 0 aromatic rings. The summed E-state index contributed by atoms with van der Waals surface area (Å²) >= 11 is 0. The van der Waals surface area contributed by atoms with Gasteiger partial charge in [0.2, 0.25) is 0 Å². The zero-order valence-corrected chi connectivity index (χ0v) is 21.3. The molecule has 33 heavy (non-hydrogen) atoms. The van der Waals surface area contributed by atoms with Gasteiger partial charge in [-0.2, -0.15) is 0 Å². The Morgan fingerprint density at radius 2 is 1.45 bits per heavy atom. The van der Waals surface area contributed by atoms with Gasteiger partial charge < -0.3 is 14.2 Å². The fraction of sp³-hybridized carbons (Fsp3) is 0.913. The summed E-state index contributed by atoms with van der Waals surface area (Å²) in [5, 5.41) is 0. The van der Waals surface area contributed by atoms with Crippen LogP contribution in [0.5, 0.6) is 0 Å². The van der Waals surface area contributed by atoms with E-state index in [1.54, 1.807) is 6.92 Å². The van der Waals surface area contributed by atoms with Gasteiger partial charge in [-0.3, -0.25) is 14.6 Å². The van der Waals surface area contributed by atoms with E-state index in [4.69, 9.17) is 14.2 Å². The summed E-state index contributed by atoms with van der Waals surface area (Å²) in [6, 6.07) is 0. The maximum absolute atomic E-state index is 13.8. The van der Waals surface area contributed by atoms with Crippen molar-refractivity contribution >= 4 is 21.8 Å². The van der Waals surface area contributed by atoms with Gasteiger partial charge in [0.25, 0.3) is 5.85 Å². The molecule has 0 radical (unpaired) electrons. The van der Waals surface area contributed by atoms with Crippen molar-refractivity contribution in [2.75, 3.05) is 44.3 Å². The van der Waals surface area contributed by atoms with Crippen molar-refractivity contribution in [1.82, 2.24) is 9.80 Å². The Hall–Kier alpha value is -1.23. The SMILES string of the molecule is CCOC(=O)[C@H]1CC[C@H](OC(C(=O)OC(C)(C)C)(N2CCCC2)N2CCS(=O)(=O)CC2)CC1. The number of nitrogens with zero attached hydrogens (tertiary/aromatic N) is 2. The van der Waals surface area contributed by atoms with Crippen LogP contribution in [0.1, 0.15) is 66.2 Å². The summed E-state index contributed by atoms with van der Waals surface area (Å²) in [5.41, 5.74) is -0.713. The van der Waals surface area contributed by atoms with Gasteiger partial charge in [-0.15, -0.1) is 0 Å². The van der Waals surface area contributed by atoms with Crippen molar-refractivity contribution in [2.45, 2.75) is 83.8 Å². The van der Waals surface area contributed by atoms with E-state index in [1.807, 2.05) is 30.6 Å². The number of rotatable bonds is 7. The predicted octanol–water partition coefficient (Wildman–Crippen LogP) is 1.95. The lowest BCUT2D eigenvalue weighted by Gasteiger charge is -2.50. The molecule has 190 valence electrons. The first kappa shape index (κ1) is 26.4. The second kappa shape index (κ2) is 10.6. The van der Waals surface area contributed by atoms with Crippen molar-refractivity contribution in [1.29, 1.82) is 0 Å². The molecular weight excluding hydrogens is 448 g/mol. The highest BCUT2D eigenvalue weighted by Crippen LogP contribution is 2.37. The smallest absolute Gasteiger partial charge is 0.371 e. The molecular formula is C23H40N2O7S. The Morgan fingerprint density at radius 3 is 1.97 bits per heavy atom. The van der Waals surface area contributed by atoms with Crippen molar-refractivity contribution in [3.8, 4) is 0 Å². The average Bonchev–Trinajstić information content (AvgIpc) is 3.27. The van der Waals surface area contributed by atoms with E-state index < -0.39 is 27.3 Å². The maximum atomic E-state index is 13.8. The van der Waals surface area contributed by atoms with Crippen LogP contribution in [0.25, 0.3) is 0 Å². The predicted molar refractivity (Wildman–Crippen MR) is 123 cm³/mol. The molecule has 0 aromatic heterocycles. The van der Waals surface area contributed by atoms with Gasteiger partial charge in [0.1, 0.15) is 5.60 Å².